The van der Waals surface area contributed by atoms with Gasteiger partial charge in [0.2, 0.25) is 0 Å². The van der Waals surface area contributed by atoms with Crippen molar-refractivity contribution in [1.29, 1.82) is 0 Å². The van der Waals surface area contributed by atoms with Crippen molar-refractivity contribution < 1.29 is 4.74 Å². The molecule has 2 atom stereocenters. The average Bonchev–Trinajstić information content (AvgIpc) is 2.82. The highest BCUT2D eigenvalue weighted by atomic mass is 16.5. The van der Waals surface area contributed by atoms with Crippen molar-refractivity contribution >= 4 is 0 Å². The van der Waals surface area contributed by atoms with E-state index in [0.717, 1.165) is 26.1 Å². The molecular formula is C15H28N4O. The summed E-state index contributed by atoms with van der Waals surface area (Å²) in [5.41, 5.74) is 7.72. The lowest BCUT2D eigenvalue weighted by Gasteiger charge is -2.34. The third-order valence-electron chi connectivity index (χ3n) is 4.17. The van der Waals surface area contributed by atoms with Crippen molar-refractivity contribution in [1.82, 2.24) is 14.5 Å². The zero-order valence-corrected chi connectivity index (χ0v) is 13.0. The van der Waals surface area contributed by atoms with E-state index in [9.17, 15) is 0 Å². The fourth-order valence-corrected chi connectivity index (χ4v) is 3.10. The lowest BCUT2D eigenvalue weighted by Crippen LogP contribution is -2.42. The molecule has 20 heavy (non-hydrogen) atoms. The van der Waals surface area contributed by atoms with Crippen LogP contribution < -0.4 is 5.73 Å². The second kappa shape index (κ2) is 7.20. The van der Waals surface area contributed by atoms with Gasteiger partial charge in [0.25, 0.3) is 0 Å². The van der Waals surface area contributed by atoms with Crippen LogP contribution in [0.5, 0.6) is 0 Å². The van der Waals surface area contributed by atoms with Crippen LogP contribution >= 0.6 is 0 Å². The summed E-state index contributed by atoms with van der Waals surface area (Å²) in [6.07, 6.45) is 7.40. The predicted octanol–water partition coefficient (Wildman–Crippen LogP) is 1.96. The summed E-state index contributed by atoms with van der Waals surface area (Å²) in [4.78, 5) is 6.82. The Morgan fingerprint density at radius 3 is 2.95 bits per heavy atom. The van der Waals surface area contributed by atoms with Crippen molar-refractivity contribution in [2.24, 2.45) is 5.73 Å². The standard InChI is InChI=1S/C15H28N4O/c1-12(2)19-11-17-10-14(19)15-13(16)6-4-5-7-18(15)8-9-20-3/h10-13,15H,4-9,16H2,1-3H3. The van der Waals surface area contributed by atoms with Crippen LogP contribution in [0.15, 0.2) is 12.5 Å². The van der Waals surface area contributed by atoms with E-state index in [1.165, 1.54) is 18.5 Å². The van der Waals surface area contributed by atoms with Crippen molar-refractivity contribution in [2.75, 3.05) is 26.8 Å². The highest BCUT2D eigenvalue weighted by molar-refractivity contribution is 5.11. The first-order valence-electron chi connectivity index (χ1n) is 7.65. The van der Waals surface area contributed by atoms with Gasteiger partial charge in [0.15, 0.2) is 0 Å². The first kappa shape index (κ1) is 15.5. The van der Waals surface area contributed by atoms with E-state index in [4.69, 9.17) is 10.5 Å². The van der Waals surface area contributed by atoms with Crippen LogP contribution in [-0.2, 0) is 4.74 Å². The van der Waals surface area contributed by atoms with Gasteiger partial charge in [-0.1, -0.05) is 6.42 Å². The summed E-state index contributed by atoms with van der Waals surface area (Å²) >= 11 is 0. The second-order valence-corrected chi connectivity index (χ2v) is 5.95. The van der Waals surface area contributed by atoms with Gasteiger partial charge < -0.3 is 15.0 Å². The van der Waals surface area contributed by atoms with Gasteiger partial charge in [-0.25, -0.2) is 4.98 Å². The topological polar surface area (TPSA) is 56.3 Å². The van der Waals surface area contributed by atoms with Crippen LogP contribution in [0, 0.1) is 0 Å². The third-order valence-corrected chi connectivity index (χ3v) is 4.17. The predicted molar refractivity (Wildman–Crippen MR) is 80.6 cm³/mol. The van der Waals surface area contributed by atoms with Crippen molar-refractivity contribution in [3.8, 4) is 0 Å². The van der Waals surface area contributed by atoms with E-state index in [0.29, 0.717) is 6.04 Å². The Labute approximate surface area is 122 Å². The Morgan fingerprint density at radius 1 is 1.45 bits per heavy atom. The molecule has 2 unspecified atom stereocenters. The average molecular weight is 280 g/mol. The Kier molecular flexibility index (Phi) is 5.57. The second-order valence-electron chi connectivity index (χ2n) is 5.95. The van der Waals surface area contributed by atoms with E-state index >= 15 is 0 Å². The van der Waals surface area contributed by atoms with Crippen LogP contribution in [0.25, 0.3) is 0 Å². The number of aromatic nitrogens is 2. The largest absolute Gasteiger partial charge is 0.383 e. The Hall–Kier alpha value is -0.910. The van der Waals surface area contributed by atoms with E-state index < -0.39 is 0 Å². The molecular weight excluding hydrogens is 252 g/mol. The number of nitrogens with zero attached hydrogens (tertiary/aromatic N) is 3. The van der Waals surface area contributed by atoms with Gasteiger partial charge in [-0.05, 0) is 33.2 Å². The molecule has 1 aliphatic heterocycles. The van der Waals surface area contributed by atoms with Crippen molar-refractivity contribution in [3.05, 3.63) is 18.2 Å². The summed E-state index contributed by atoms with van der Waals surface area (Å²) in [6, 6.07) is 0.827. The smallest absolute Gasteiger partial charge is 0.0951 e. The SMILES string of the molecule is COCCN1CCCCC(N)C1c1cncn1C(C)C. The lowest BCUT2D eigenvalue weighted by molar-refractivity contribution is 0.111. The number of hydrogen-bond acceptors (Lipinski definition) is 4. The highest BCUT2D eigenvalue weighted by Gasteiger charge is 2.31. The minimum absolute atomic E-state index is 0.170. The maximum Gasteiger partial charge on any atom is 0.0951 e. The number of hydrogen-bond donors (Lipinski definition) is 1. The molecule has 0 aromatic carbocycles. The minimum atomic E-state index is 0.170. The van der Waals surface area contributed by atoms with Gasteiger partial charge in [0.05, 0.1) is 24.7 Å². The molecule has 0 bridgehead atoms. The molecule has 2 heterocycles. The van der Waals surface area contributed by atoms with Crippen LogP contribution in [0.1, 0.15) is 50.9 Å². The van der Waals surface area contributed by atoms with Gasteiger partial charge in [0.1, 0.15) is 0 Å². The quantitative estimate of drug-likeness (QED) is 0.896. The van der Waals surface area contributed by atoms with E-state index in [1.54, 1.807) is 7.11 Å². The number of ether oxygens (including phenoxy) is 1. The molecule has 2 rings (SSSR count). The van der Waals surface area contributed by atoms with E-state index in [1.807, 2.05) is 12.5 Å². The molecule has 1 aliphatic rings. The van der Waals surface area contributed by atoms with Crippen LogP contribution in [-0.4, -0.2) is 47.3 Å². The van der Waals surface area contributed by atoms with E-state index in [2.05, 4.69) is 28.3 Å². The Balaban J connectivity index is 2.27. The fraction of sp³-hybridized carbons (Fsp3) is 0.800. The van der Waals surface area contributed by atoms with Gasteiger partial charge in [0, 0.05) is 31.9 Å². The molecule has 0 aliphatic carbocycles. The van der Waals surface area contributed by atoms with Crippen LogP contribution in [0.3, 0.4) is 0 Å². The molecule has 5 nitrogen and oxygen atoms in total. The van der Waals surface area contributed by atoms with Gasteiger partial charge in [-0.15, -0.1) is 0 Å². The normalized spacial score (nSPS) is 25.1. The zero-order valence-electron chi connectivity index (χ0n) is 13.0. The highest BCUT2D eigenvalue weighted by Crippen LogP contribution is 2.30. The Morgan fingerprint density at radius 2 is 2.25 bits per heavy atom. The molecule has 1 aromatic heterocycles. The molecule has 2 N–H and O–H groups in total. The van der Waals surface area contributed by atoms with Crippen LogP contribution in [0.2, 0.25) is 0 Å². The molecule has 1 saturated heterocycles. The van der Waals surface area contributed by atoms with Gasteiger partial charge in [-0.2, -0.15) is 0 Å². The third kappa shape index (κ3) is 3.40. The fourth-order valence-electron chi connectivity index (χ4n) is 3.10. The number of likely N-dealkylation sites (tertiary alicyclic amines) is 1. The summed E-state index contributed by atoms with van der Waals surface area (Å²) in [5.74, 6) is 0. The monoisotopic (exact) mass is 280 g/mol. The Bertz CT molecular complexity index is 404. The summed E-state index contributed by atoms with van der Waals surface area (Å²) in [7, 11) is 1.76. The van der Waals surface area contributed by atoms with Crippen molar-refractivity contribution in [2.45, 2.75) is 51.2 Å². The first-order chi connectivity index (χ1) is 9.65. The zero-order chi connectivity index (χ0) is 14.5. The first-order valence-corrected chi connectivity index (χ1v) is 7.65. The molecule has 0 radical (unpaired) electrons. The van der Waals surface area contributed by atoms with Crippen LogP contribution in [0.4, 0.5) is 0 Å². The summed E-state index contributed by atoms with van der Waals surface area (Å²) < 4.78 is 7.50. The summed E-state index contributed by atoms with van der Waals surface area (Å²) in [6.45, 7) is 7.14. The molecule has 1 fully saturated rings. The molecule has 114 valence electrons. The summed E-state index contributed by atoms with van der Waals surface area (Å²) in [5, 5.41) is 0. The minimum Gasteiger partial charge on any atom is -0.383 e. The molecule has 1 aromatic rings. The maximum atomic E-state index is 6.48. The van der Waals surface area contributed by atoms with Gasteiger partial charge >= 0.3 is 0 Å². The molecule has 0 amide bonds. The van der Waals surface area contributed by atoms with Crippen molar-refractivity contribution in [3.63, 3.8) is 0 Å². The number of rotatable bonds is 5. The maximum absolute atomic E-state index is 6.48. The van der Waals surface area contributed by atoms with Gasteiger partial charge in [-0.3, -0.25) is 4.90 Å². The number of imidazole rings is 1. The lowest BCUT2D eigenvalue weighted by atomic mass is 10.0. The molecule has 0 saturated carbocycles. The molecule has 5 heteroatoms. The molecule has 0 spiro atoms. The number of methoxy groups -OCH3 is 1. The van der Waals surface area contributed by atoms with E-state index in [-0.39, 0.29) is 12.1 Å². The number of nitrogens with two attached hydrogens (primary N) is 1.